The number of imidazole rings is 1. The van der Waals surface area contributed by atoms with Crippen LogP contribution in [0.2, 0.25) is 0 Å². The maximum atomic E-state index is 13.3. The van der Waals surface area contributed by atoms with E-state index in [1.807, 2.05) is 17.7 Å². The molecule has 9 heteroatoms. The molecule has 0 aliphatic rings. The van der Waals surface area contributed by atoms with Gasteiger partial charge in [0, 0.05) is 35.4 Å². The molecular weight excluding hydrogens is 390 g/mol. The number of benzene rings is 2. The summed E-state index contributed by atoms with van der Waals surface area (Å²) in [4.78, 5) is 24.8. The van der Waals surface area contributed by atoms with Crippen LogP contribution in [0.3, 0.4) is 0 Å². The van der Waals surface area contributed by atoms with Crippen molar-refractivity contribution >= 4 is 23.1 Å². The highest BCUT2D eigenvalue weighted by molar-refractivity contribution is 6.04. The van der Waals surface area contributed by atoms with Gasteiger partial charge in [0.05, 0.1) is 0 Å². The lowest BCUT2D eigenvalue weighted by molar-refractivity contribution is 0.102. The normalized spacial score (nSPS) is 10.6. The van der Waals surface area contributed by atoms with Crippen LogP contribution in [0.4, 0.5) is 26.0 Å². The summed E-state index contributed by atoms with van der Waals surface area (Å²) >= 11 is 0. The highest BCUT2D eigenvalue weighted by Crippen LogP contribution is 2.20. The van der Waals surface area contributed by atoms with Crippen LogP contribution in [0.15, 0.2) is 67.3 Å². The van der Waals surface area contributed by atoms with Gasteiger partial charge in [0.15, 0.2) is 11.6 Å². The molecular formula is C21H16F2N6O. The predicted octanol–water partition coefficient (Wildman–Crippen LogP) is 4.24. The molecule has 0 aliphatic carbocycles. The Balaban J connectivity index is 1.44. The summed E-state index contributed by atoms with van der Waals surface area (Å²) in [6.07, 6.45) is 4.96. The number of aryl methyl sites for hydroxylation is 1. The second-order valence-corrected chi connectivity index (χ2v) is 6.39. The second-order valence-electron chi connectivity index (χ2n) is 6.39. The molecule has 2 aromatic carbocycles. The molecule has 30 heavy (non-hydrogen) atoms. The topological polar surface area (TPSA) is 84.7 Å². The largest absolute Gasteiger partial charge is 0.340 e. The number of hydrogen-bond donors (Lipinski definition) is 2. The number of halogens is 2. The Morgan fingerprint density at radius 2 is 1.70 bits per heavy atom. The quantitative estimate of drug-likeness (QED) is 0.518. The molecule has 2 N–H and O–H groups in total. The number of nitrogens with one attached hydrogen (secondary N) is 2. The number of aromatic nitrogens is 4. The highest BCUT2D eigenvalue weighted by atomic mass is 19.2. The summed E-state index contributed by atoms with van der Waals surface area (Å²) in [6, 6.07) is 11.7. The van der Waals surface area contributed by atoms with Gasteiger partial charge in [0.1, 0.15) is 23.8 Å². The number of rotatable bonds is 5. The second kappa shape index (κ2) is 8.08. The molecule has 0 saturated carbocycles. The fourth-order valence-electron chi connectivity index (χ4n) is 2.79. The van der Waals surface area contributed by atoms with E-state index < -0.39 is 17.5 Å². The fraction of sp³-hybridized carbons (Fsp3) is 0.0476. The zero-order valence-electron chi connectivity index (χ0n) is 15.8. The number of amides is 1. The maximum Gasteiger partial charge on any atom is 0.255 e. The van der Waals surface area contributed by atoms with Gasteiger partial charge in [-0.25, -0.2) is 23.7 Å². The van der Waals surface area contributed by atoms with Crippen molar-refractivity contribution in [2.75, 3.05) is 10.6 Å². The van der Waals surface area contributed by atoms with Crippen LogP contribution in [-0.4, -0.2) is 25.4 Å². The van der Waals surface area contributed by atoms with Crippen molar-refractivity contribution in [2.24, 2.45) is 0 Å². The molecule has 0 spiro atoms. The van der Waals surface area contributed by atoms with E-state index >= 15 is 0 Å². The summed E-state index contributed by atoms with van der Waals surface area (Å²) in [6.45, 7) is 1.88. The number of carbonyl (C=O) groups excluding carboxylic acids is 1. The zero-order valence-corrected chi connectivity index (χ0v) is 15.8. The van der Waals surface area contributed by atoms with Gasteiger partial charge < -0.3 is 10.6 Å². The standard InChI is InChI=1S/C21H16F2N6O/c1-13-24-8-9-29(13)20-11-19(25-12-26-20)27-15-3-5-16(6-4-15)28-21(30)14-2-7-17(22)18(23)10-14/h2-12H,1H3,(H,28,30)(H,25,26,27). The van der Waals surface area contributed by atoms with E-state index in [2.05, 4.69) is 25.6 Å². The number of carbonyl (C=O) groups is 1. The molecule has 150 valence electrons. The average Bonchev–Trinajstić information content (AvgIpc) is 3.17. The molecule has 0 atom stereocenters. The van der Waals surface area contributed by atoms with Crippen LogP contribution in [-0.2, 0) is 0 Å². The molecule has 7 nitrogen and oxygen atoms in total. The van der Waals surface area contributed by atoms with E-state index in [1.165, 1.54) is 12.4 Å². The van der Waals surface area contributed by atoms with Gasteiger partial charge in [0.2, 0.25) is 0 Å². The van der Waals surface area contributed by atoms with Crippen LogP contribution in [0, 0.1) is 18.6 Å². The van der Waals surface area contributed by atoms with Gasteiger partial charge in [-0.05, 0) is 49.4 Å². The minimum Gasteiger partial charge on any atom is -0.340 e. The number of nitrogens with zero attached hydrogens (tertiary/aromatic N) is 4. The molecule has 0 saturated heterocycles. The summed E-state index contributed by atoms with van der Waals surface area (Å²) in [5.41, 5.74) is 1.28. The zero-order chi connectivity index (χ0) is 21.1. The molecule has 0 aliphatic heterocycles. The number of anilines is 3. The summed E-state index contributed by atoms with van der Waals surface area (Å²) in [7, 11) is 0. The minimum absolute atomic E-state index is 0.0272. The molecule has 2 heterocycles. The predicted molar refractivity (Wildman–Crippen MR) is 108 cm³/mol. The molecule has 0 unspecified atom stereocenters. The van der Waals surface area contributed by atoms with Gasteiger partial charge in [-0.3, -0.25) is 9.36 Å². The van der Waals surface area contributed by atoms with Crippen molar-refractivity contribution in [2.45, 2.75) is 6.92 Å². The summed E-state index contributed by atoms with van der Waals surface area (Å²) in [5, 5.41) is 5.80. The van der Waals surface area contributed by atoms with E-state index in [1.54, 1.807) is 36.5 Å². The van der Waals surface area contributed by atoms with E-state index in [4.69, 9.17) is 0 Å². The van der Waals surface area contributed by atoms with E-state index in [0.717, 1.165) is 23.6 Å². The molecule has 4 rings (SSSR count). The van der Waals surface area contributed by atoms with Gasteiger partial charge in [0.25, 0.3) is 5.91 Å². The van der Waals surface area contributed by atoms with E-state index in [9.17, 15) is 13.6 Å². The van der Waals surface area contributed by atoms with Crippen LogP contribution in [0.25, 0.3) is 5.82 Å². The molecule has 1 amide bonds. The van der Waals surface area contributed by atoms with Gasteiger partial charge in [-0.2, -0.15) is 0 Å². The fourth-order valence-corrected chi connectivity index (χ4v) is 2.79. The van der Waals surface area contributed by atoms with E-state index in [-0.39, 0.29) is 5.56 Å². The van der Waals surface area contributed by atoms with Crippen LogP contribution in [0.5, 0.6) is 0 Å². The maximum absolute atomic E-state index is 13.3. The van der Waals surface area contributed by atoms with Gasteiger partial charge in [-0.15, -0.1) is 0 Å². The first-order valence-electron chi connectivity index (χ1n) is 8.95. The smallest absolute Gasteiger partial charge is 0.255 e. The van der Waals surface area contributed by atoms with Crippen molar-refractivity contribution in [3.05, 3.63) is 90.3 Å². The molecule has 2 aromatic heterocycles. The Kier molecular flexibility index (Phi) is 5.17. The van der Waals surface area contributed by atoms with Crippen molar-refractivity contribution in [3.8, 4) is 5.82 Å². The van der Waals surface area contributed by atoms with Gasteiger partial charge >= 0.3 is 0 Å². The van der Waals surface area contributed by atoms with Crippen molar-refractivity contribution in [3.63, 3.8) is 0 Å². The first kappa shape index (κ1) is 19.2. The molecule has 4 aromatic rings. The van der Waals surface area contributed by atoms with Crippen LogP contribution >= 0.6 is 0 Å². The Morgan fingerprint density at radius 1 is 0.933 bits per heavy atom. The Hall–Kier alpha value is -4.14. The lowest BCUT2D eigenvalue weighted by Crippen LogP contribution is -2.12. The average molecular weight is 406 g/mol. The van der Waals surface area contributed by atoms with Gasteiger partial charge in [-0.1, -0.05) is 0 Å². The highest BCUT2D eigenvalue weighted by Gasteiger charge is 2.10. The Bertz CT molecular complexity index is 1210. The first-order valence-corrected chi connectivity index (χ1v) is 8.95. The third-order valence-corrected chi connectivity index (χ3v) is 4.32. The van der Waals surface area contributed by atoms with Crippen LogP contribution < -0.4 is 10.6 Å². The van der Waals surface area contributed by atoms with Crippen molar-refractivity contribution in [1.82, 2.24) is 19.5 Å². The molecule has 0 radical (unpaired) electrons. The third-order valence-electron chi connectivity index (χ3n) is 4.32. The van der Waals surface area contributed by atoms with Crippen LogP contribution in [0.1, 0.15) is 16.2 Å². The number of hydrogen-bond acceptors (Lipinski definition) is 5. The van der Waals surface area contributed by atoms with Crippen molar-refractivity contribution in [1.29, 1.82) is 0 Å². The molecule has 0 fully saturated rings. The lowest BCUT2D eigenvalue weighted by atomic mass is 10.2. The minimum atomic E-state index is -1.07. The molecule has 0 bridgehead atoms. The third kappa shape index (κ3) is 4.14. The Labute approximate surface area is 170 Å². The lowest BCUT2D eigenvalue weighted by Gasteiger charge is -2.10. The monoisotopic (exact) mass is 406 g/mol. The summed E-state index contributed by atoms with van der Waals surface area (Å²) in [5.74, 6) is -0.536. The SMILES string of the molecule is Cc1nccn1-c1cc(Nc2ccc(NC(=O)c3ccc(F)c(F)c3)cc2)ncn1. The van der Waals surface area contributed by atoms with Crippen molar-refractivity contribution < 1.29 is 13.6 Å². The summed E-state index contributed by atoms with van der Waals surface area (Å²) < 4.78 is 28.1. The Morgan fingerprint density at radius 3 is 2.40 bits per heavy atom. The van der Waals surface area contributed by atoms with E-state index in [0.29, 0.717) is 17.3 Å². The first-order chi connectivity index (χ1) is 14.5.